The maximum absolute atomic E-state index is 11.6. The standard InChI is InChI=1S/C42H63NO/c1-29(2)22-31(4)43(28-35-25-36(41(8,9)10)26-38(39(35)44)42(11,12)13)37-20-18-34(19-21-37)24-33-16-14-32(15-17-33)23-30(3)27-40(5,6)7/h14-21,25-26,29-31,44H,22-24,27-28H2,1-13H3. The van der Waals surface area contributed by atoms with Crippen molar-refractivity contribution in [1.82, 2.24) is 0 Å². The molecule has 2 heteroatoms. The van der Waals surface area contributed by atoms with Crippen LogP contribution in [0.25, 0.3) is 0 Å². The number of hydrogen-bond acceptors (Lipinski definition) is 2. The van der Waals surface area contributed by atoms with Crippen LogP contribution >= 0.6 is 0 Å². The Morgan fingerprint density at radius 3 is 1.68 bits per heavy atom. The fraction of sp³-hybridized carbons (Fsp3) is 0.571. The van der Waals surface area contributed by atoms with Crippen LogP contribution in [0.15, 0.2) is 60.7 Å². The van der Waals surface area contributed by atoms with Crippen LogP contribution in [0.3, 0.4) is 0 Å². The molecule has 0 bridgehead atoms. The number of rotatable bonds is 11. The van der Waals surface area contributed by atoms with Crippen molar-refractivity contribution in [3.63, 3.8) is 0 Å². The summed E-state index contributed by atoms with van der Waals surface area (Å²) >= 11 is 0. The number of benzene rings is 3. The highest BCUT2D eigenvalue weighted by Gasteiger charge is 2.27. The smallest absolute Gasteiger partial charge is 0.124 e. The molecule has 0 aliphatic rings. The van der Waals surface area contributed by atoms with E-state index in [0.717, 1.165) is 30.4 Å². The molecule has 0 aromatic heterocycles. The highest BCUT2D eigenvalue weighted by molar-refractivity contribution is 5.54. The molecule has 3 aromatic rings. The van der Waals surface area contributed by atoms with Gasteiger partial charge in [-0.1, -0.05) is 126 Å². The number of aromatic hydroxyl groups is 1. The van der Waals surface area contributed by atoms with Gasteiger partial charge in [0.05, 0.1) is 0 Å². The van der Waals surface area contributed by atoms with E-state index in [-0.39, 0.29) is 10.8 Å². The lowest BCUT2D eigenvalue weighted by Crippen LogP contribution is -2.34. The minimum Gasteiger partial charge on any atom is -0.507 e. The Labute approximate surface area is 271 Å². The quantitative estimate of drug-likeness (QED) is 0.238. The molecule has 0 fully saturated rings. The molecule has 3 aromatic carbocycles. The zero-order chi connectivity index (χ0) is 33.0. The van der Waals surface area contributed by atoms with E-state index < -0.39 is 0 Å². The first-order chi connectivity index (χ1) is 20.2. The Bertz CT molecular complexity index is 1330. The summed E-state index contributed by atoms with van der Waals surface area (Å²) in [6.07, 6.45) is 4.41. The summed E-state index contributed by atoms with van der Waals surface area (Å²) in [4.78, 5) is 2.49. The van der Waals surface area contributed by atoms with Crippen molar-refractivity contribution in [2.75, 3.05) is 4.90 Å². The van der Waals surface area contributed by atoms with E-state index in [4.69, 9.17) is 0 Å². The average molecular weight is 598 g/mol. The van der Waals surface area contributed by atoms with E-state index in [9.17, 15) is 5.11 Å². The van der Waals surface area contributed by atoms with Crippen LogP contribution in [0.2, 0.25) is 0 Å². The summed E-state index contributed by atoms with van der Waals surface area (Å²) in [6, 6.07) is 23.2. The predicted octanol–water partition coefficient (Wildman–Crippen LogP) is 11.6. The Kier molecular flexibility index (Phi) is 11.5. The van der Waals surface area contributed by atoms with Crippen molar-refractivity contribution in [3.05, 3.63) is 94.0 Å². The van der Waals surface area contributed by atoms with Gasteiger partial charge in [0.25, 0.3) is 0 Å². The second-order valence-corrected chi connectivity index (χ2v) is 17.4. The molecule has 0 radical (unpaired) electrons. The second-order valence-electron chi connectivity index (χ2n) is 17.4. The van der Waals surface area contributed by atoms with Gasteiger partial charge in [-0.3, -0.25) is 0 Å². The normalized spacial score (nSPS) is 14.1. The maximum Gasteiger partial charge on any atom is 0.124 e. The van der Waals surface area contributed by atoms with Crippen molar-refractivity contribution in [2.24, 2.45) is 17.3 Å². The topological polar surface area (TPSA) is 23.5 Å². The van der Waals surface area contributed by atoms with E-state index in [1.54, 1.807) is 0 Å². The van der Waals surface area contributed by atoms with Gasteiger partial charge < -0.3 is 10.0 Å². The van der Waals surface area contributed by atoms with Crippen LogP contribution in [0.5, 0.6) is 5.75 Å². The Morgan fingerprint density at radius 1 is 0.682 bits per heavy atom. The van der Waals surface area contributed by atoms with Crippen LogP contribution in [-0.2, 0) is 30.2 Å². The fourth-order valence-corrected chi connectivity index (χ4v) is 6.67. The number of hydrogen-bond donors (Lipinski definition) is 1. The molecular formula is C42H63NO. The molecule has 0 spiro atoms. The van der Waals surface area contributed by atoms with E-state index in [0.29, 0.717) is 35.6 Å². The van der Waals surface area contributed by atoms with E-state index in [1.807, 2.05) is 0 Å². The third kappa shape index (κ3) is 10.4. The Hall–Kier alpha value is -2.74. The van der Waals surface area contributed by atoms with E-state index >= 15 is 0 Å². The van der Waals surface area contributed by atoms with E-state index in [2.05, 4.69) is 156 Å². The molecule has 2 atom stereocenters. The number of nitrogens with zero attached hydrogens (tertiary/aromatic N) is 1. The summed E-state index contributed by atoms with van der Waals surface area (Å²) in [5.74, 6) is 1.72. The summed E-state index contributed by atoms with van der Waals surface area (Å²) in [6.45, 7) is 30.3. The molecule has 44 heavy (non-hydrogen) atoms. The van der Waals surface area contributed by atoms with Gasteiger partial charge in [0.1, 0.15) is 5.75 Å². The zero-order valence-corrected chi connectivity index (χ0v) is 30.4. The molecule has 2 unspecified atom stereocenters. The second kappa shape index (κ2) is 14.1. The van der Waals surface area contributed by atoms with Crippen LogP contribution in [0, 0.1) is 17.3 Å². The zero-order valence-electron chi connectivity index (χ0n) is 30.4. The van der Waals surface area contributed by atoms with Crippen molar-refractivity contribution in [2.45, 2.75) is 139 Å². The molecule has 242 valence electrons. The minimum absolute atomic E-state index is 0.00134. The van der Waals surface area contributed by atoms with Crippen molar-refractivity contribution in [3.8, 4) is 5.75 Å². The molecule has 3 rings (SSSR count). The molecule has 2 nitrogen and oxygen atoms in total. The van der Waals surface area contributed by atoms with Crippen molar-refractivity contribution < 1.29 is 5.11 Å². The summed E-state index contributed by atoms with van der Waals surface area (Å²) in [5, 5.41) is 11.6. The monoisotopic (exact) mass is 597 g/mol. The van der Waals surface area contributed by atoms with Gasteiger partial charge in [0.15, 0.2) is 0 Å². The van der Waals surface area contributed by atoms with Gasteiger partial charge in [0, 0.05) is 23.8 Å². The predicted molar refractivity (Wildman–Crippen MR) is 193 cm³/mol. The first-order valence-corrected chi connectivity index (χ1v) is 17.0. The van der Waals surface area contributed by atoms with Crippen LogP contribution in [-0.4, -0.2) is 11.1 Å². The van der Waals surface area contributed by atoms with Gasteiger partial charge in [0.2, 0.25) is 0 Å². The van der Waals surface area contributed by atoms with Gasteiger partial charge >= 0.3 is 0 Å². The van der Waals surface area contributed by atoms with Crippen molar-refractivity contribution in [1.29, 1.82) is 0 Å². The average Bonchev–Trinajstić information content (AvgIpc) is 2.87. The molecular weight excluding hydrogens is 534 g/mol. The maximum atomic E-state index is 11.6. The third-order valence-electron chi connectivity index (χ3n) is 8.79. The molecule has 0 aliphatic carbocycles. The lowest BCUT2D eigenvalue weighted by Gasteiger charge is -2.34. The highest BCUT2D eigenvalue weighted by Crippen LogP contribution is 2.39. The molecule has 0 amide bonds. The first kappa shape index (κ1) is 35.7. The summed E-state index contributed by atoms with van der Waals surface area (Å²) < 4.78 is 0. The van der Waals surface area contributed by atoms with Gasteiger partial charge in [-0.15, -0.1) is 0 Å². The Morgan fingerprint density at radius 2 is 1.20 bits per heavy atom. The van der Waals surface area contributed by atoms with E-state index in [1.165, 1.54) is 34.4 Å². The number of phenolic OH excluding ortho intramolecular Hbond substituents is 1. The lowest BCUT2D eigenvalue weighted by atomic mass is 9.79. The molecule has 0 saturated heterocycles. The first-order valence-electron chi connectivity index (χ1n) is 17.0. The number of phenols is 1. The van der Waals surface area contributed by atoms with Gasteiger partial charge in [-0.05, 0) is 107 Å². The minimum atomic E-state index is -0.140. The van der Waals surface area contributed by atoms with Crippen LogP contribution in [0.1, 0.15) is 136 Å². The molecule has 0 saturated carbocycles. The summed E-state index contributed by atoms with van der Waals surface area (Å²) in [5.41, 5.74) is 8.88. The molecule has 0 heterocycles. The highest BCUT2D eigenvalue weighted by atomic mass is 16.3. The van der Waals surface area contributed by atoms with Crippen LogP contribution in [0.4, 0.5) is 5.69 Å². The lowest BCUT2D eigenvalue weighted by molar-refractivity contribution is 0.306. The third-order valence-corrected chi connectivity index (χ3v) is 8.79. The molecule has 1 N–H and O–H groups in total. The van der Waals surface area contributed by atoms with Crippen LogP contribution < -0.4 is 4.90 Å². The van der Waals surface area contributed by atoms with Gasteiger partial charge in [-0.25, -0.2) is 0 Å². The Balaban J connectivity index is 1.86. The largest absolute Gasteiger partial charge is 0.507 e. The van der Waals surface area contributed by atoms with Crippen molar-refractivity contribution >= 4 is 5.69 Å². The molecule has 0 aliphatic heterocycles. The van der Waals surface area contributed by atoms with Gasteiger partial charge in [-0.2, -0.15) is 0 Å². The fourth-order valence-electron chi connectivity index (χ4n) is 6.67. The SMILES string of the molecule is CC(C)CC(C)N(Cc1cc(C(C)(C)C)cc(C(C)(C)C)c1O)c1ccc(Cc2ccc(CC(C)CC(C)(C)C)cc2)cc1. The summed E-state index contributed by atoms with van der Waals surface area (Å²) in [7, 11) is 0. The number of anilines is 1.